The number of anilines is 1. The van der Waals surface area contributed by atoms with Crippen LogP contribution in [0.25, 0.3) is 0 Å². The van der Waals surface area contributed by atoms with E-state index in [4.69, 9.17) is 38.4 Å². The van der Waals surface area contributed by atoms with Crippen LogP contribution in [0.5, 0.6) is 0 Å². The summed E-state index contributed by atoms with van der Waals surface area (Å²) in [6.07, 6.45) is -1.21. The number of primary amides is 1. The molecule has 0 radical (unpaired) electrons. The minimum absolute atomic E-state index is 0.0208. The Balaban J connectivity index is 1.89. The maximum atomic E-state index is 12.4. The van der Waals surface area contributed by atoms with E-state index in [1.54, 1.807) is 30.3 Å². The number of alkyl carbamates (subject to hydrolysis) is 1. The summed E-state index contributed by atoms with van der Waals surface area (Å²) in [6, 6.07) is 12.1. The van der Waals surface area contributed by atoms with Gasteiger partial charge in [0.25, 0.3) is 5.91 Å². The number of nitrogens with two attached hydrogens (primary N) is 1. The maximum Gasteiger partial charge on any atom is 0.408 e. The van der Waals surface area contributed by atoms with Gasteiger partial charge in [0.05, 0.1) is 10.7 Å². The molecule has 11 heteroatoms. The second-order valence-electron chi connectivity index (χ2n) is 6.54. The monoisotopic (exact) mass is 481 g/mol. The Bertz CT molecular complexity index is 971. The molecule has 0 fully saturated rings. The van der Waals surface area contributed by atoms with Crippen molar-refractivity contribution in [2.24, 2.45) is 5.73 Å². The maximum absolute atomic E-state index is 12.4. The Morgan fingerprint density at radius 2 is 1.72 bits per heavy atom. The summed E-state index contributed by atoms with van der Waals surface area (Å²) in [5, 5.41) is 5.37. The van der Waals surface area contributed by atoms with Crippen molar-refractivity contribution < 1.29 is 28.7 Å². The topological polar surface area (TPSA) is 137 Å². The third-order valence-electron chi connectivity index (χ3n) is 4.02. The van der Waals surface area contributed by atoms with Crippen LogP contribution in [0.3, 0.4) is 0 Å². The van der Waals surface area contributed by atoms with Gasteiger partial charge >= 0.3 is 12.1 Å². The van der Waals surface area contributed by atoms with E-state index in [1.807, 2.05) is 6.07 Å². The molecule has 0 aliphatic carbocycles. The van der Waals surface area contributed by atoms with Gasteiger partial charge in [-0.15, -0.1) is 0 Å². The number of hydrogen-bond donors (Lipinski definition) is 3. The lowest BCUT2D eigenvalue weighted by atomic mass is 10.1. The number of benzene rings is 2. The quantitative estimate of drug-likeness (QED) is 0.446. The molecule has 0 saturated heterocycles. The second-order valence-corrected chi connectivity index (χ2v) is 7.39. The number of nitrogens with one attached hydrogen (secondary N) is 2. The lowest BCUT2D eigenvalue weighted by molar-refractivity contribution is -0.149. The second kappa shape index (κ2) is 12.5. The summed E-state index contributed by atoms with van der Waals surface area (Å²) in [5.74, 6) is -2.28. The molecule has 0 spiro atoms. The molecule has 9 nitrogen and oxygen atoms in total. The molecule has 2 aromatic carbocycles. The first kappa shape index (κ1) is 25.0. The number of hydrogen-bond acceptors (Lipinski definition) is 6. The molecule has 0 aromatic heterocycles. The van der Waals surface area contributed by atoms with E-state index in [-0.39, 0.29) is 30.2 Å². The molecule has 2 aromatic rings. The smallest absolute Gasteiger partial charge is 0.408 e. The lowest BCUT2D eigenvalue weighted by Crippen LogP contribution is -2.43. The Labute approximate surface area is 194 Å². The van der Waals surface area contributed by atoms with Crippen LogP contribution in [-0.4, -0.2) is 36.5 Å². The van der Waals surface area contributed by atoms with E-state index in [9.17, 15) is 19.2 Å². The summed E-state index contributed by atoms with van der Waals surface area (Å²) in [4.78, 5) is 47.6. The summed E-state index contributed by atoms with van der Waals surface area (Å²) < 4.78 is 10.0. The molecule has 0 aliphatic rings. The van der Waals surface area contributed by atoms with Gasteiger partial charge in [0.1, 0.15) is 12.6 Å². The van der Waals surface area contributed by atoms with Crippen molar-refractivity contribution in [3.63, 3.8) is 0 Å². The number of esters is 1. The summed E-state index contributed by atoms with van der Waals surface area (Å²) >= 11 is 11.8. The molecule has 170 valence electrons. The highest BCUT2D eigenvalue weighted by molar-refractivity contribution is 6.35. The fraction of sp³-hybridized carbons (Fsp3) is 0.238. The molecule has 0 bridgehead atoms. The molecule has 0 saturated carbocycles. The van der Waals surface area contributed by atoms with Gasteiger partial charge in [-0.25, -0.2) is 9.59 Å². The van der Waals surface area contributed by atoms with Crippen molar-refractivity contribution in [2.75, 3.05) is 11.9 Å². The van der Waals surface area contributed by atoms with Crippen molar-refractivity contribution in [3.8, 4) is 0 Å². The lowest BCUT2D eigenvalue weighted by Gasteiger charge is -2.17. The van der Waals surface area contributed by atoms with E-state index in [1.165, 1.54) is 12.1 Å². The molecule has 3 amide bonds. The van der Waals surface area contributed by atoms with Crippen molar-refractivity contribution in [1.29, 1.82) is 0 Å². The van der Waals surface area contributed by atoms with Gasteiger partial charge in [0.15, 0.2) is 6.61 Å². The van der Waals surface area contributed by atoms with Crippen molar-refractivity contribution in [3.05, 3.63) is 64.1 Å². The summed E-state index contributed by atoms with van der Waals surface area (Å²) in [6.45, 7) is -0.678. The Morgan fingerprint density at radius 3 is 2.41 bits per heavy atom. The largest absolute Gasteiger partial charge is 0.454 e. The molecule has 1 unspecified atom stereocenters. The molecular weight excluding hydrogens is 461 g/mol. The Morgan fingerprint density at radius 1 is 1.00 bits per heavy atom. The first-order valence-corrected chi connectivity index (χ1v) is 10.2. The van der Waals surface area contributed by atoms with Gasteiger partial charge in [-0.3, -0.25) is 9.59 Å². The third-order valence-corrected chi connectivity index (χ3v) is 4.58. The first-order chi connectivity index (χ1) is 15.2. The van der Waals surface area contributed by atoms with E-state index in [0.717, 1.165) is 5.56 Å². The van der Waals surface area contributed by atoms with E-state index in [2.05, 4.69) is 10.6 Å². The Hall–Kier alpha value is -3.30. The molecule has 2 rings (SSSR count). The van der Waals surface area contributed by atoms with Crippen LogP contribution in [0.1, 0.15) is 18.4 Å². The predicted molar refractivity (Wildman–Crippen MR) is 118 cm³/mol. The fourth-order valence-corrected chi connectivity index (χ4v) is 2.80. The van der Waals surface area contributed by atoms with Crippen LogP contribution >= 0.6 is 23.2 Å². The Kier molecular flexibility index (Phi) is 9.77. The number of carbonyl (C=O) groups is 4. The molecule has 1 atom stereocenters. The summed E-state index contributed by atoms with van der Waals surface area (Å²) in [5.41, 5.74) is 6.11. The van der Waals surface area contributed by atoms with E-state index < -0.39 is 36.5 Å². The van der Waals surface area contributed by atoms with Crippen LogP contribution in [0.15, 0.2) is 48.5 Å². The molecule has 4 N–H and O–H groups in total. The van der Waals surface area contributed by atoms with Gasteiger partial charge in [-0.1, -0.05) is 53.5 Å². The van der Waals surface area contributed by atoms with Gasteiger partial charge in [0.2, 0.25) is 5.91 Å². The van der Waals surface area contributed by atoms with Crippen LogP contribution in [0.2, 0.25) is 10.0 Å². The van der Waals surface area contributed by atoms with Crippen LogP contribution in [-0.2, 0) is 30.5 Å². The van der Waals surface area contributed by atoms with Crippen molar-refractivity contribution in [2.45, 2.75) is 25.5 Å². The SMILES string of the molecule is NC(=O)CCC(NC(=O)OCc1ccccc1)C(=O)OCC(=O)Nc1cc(Cl)ccc1Cl. The zero-order valence-corrected chi connectivity index (χ0v) is 18.3. The zero-order valence-electron chi connectivity index (χ0n) is 16.8. The fourth-order valence-electron chi connectivity index (χ4n) is 2.46. The van der Waals surface area contributed by atoms with Crippen LogP contribution in [0.4, 0.5) is 10.5 Å². The minimum Gasteiger partial charge on any atom is -0.454 e. The van der Waals surface area contributed by atoms with Gasteiger partial charge in [-0.2, -0.15) is 0 Å². The van der Waals surface area contributed by atoms with Crippen molar-refractivity contribution in [1.82, 2.24) is 5.32 Å². The number of rotatable bonds is 10. The highest BCUT2D eigenvalue weighted by Gasteiger charge is 2.24. The highest BCUT2D eigenvalue weighted by Crippen LogP contribution is 2.25. The molecule has 0 aliphatic heterocycles. The van der Waals surface area contributed by atoms with E-state index in [0.29, 0.717) is 5.02 Å². The number of carbonyl (C=O) groups excluding carboxylic acids is 4. The number of amides is 3. The average molecular weight is 482 g/mol. The van der Waals surface area contributed by atoms with Crippen molar-refractivity contribution >= 4 is 52.8 Å². The predicted octanol–water partition coefficient (Wildman–Crippen LogP) is 3.04. The third kappa shape index (κ3) is 8.83. The average Bonchev–Trinajstić information content (AvgIpc) is 2.76. The van der Waals surface area contributed by atoms with Crippen LogP contribution in [0, 0.1) is 0 Å². The van der Waals surface area contributed by atoms with Gasteiger partial charge in [-0.05, 0) is 30.2 Å². The highest BCUT2D eigenvalue weighted by atomic mass is 35.5. The molecular formula is C21H21Cl2N3O6. The number of halogens is 2. The summed E-state index contributed by atoms with van der Waals surface area (Å²) in [7, 11) is 0. The zero-order chi connectivity index (χ0) is 23.5. The number of ether oxygens (including phenoxy) is 2. The van der Waals surface area contributed by atoms with Crippen LogP contribution < -0.4 is 16.4 Å². The standard InChI is InChI=1S/C21H21Cl2N3O6/c22-14-6-7-15(23)17(10-14)25-19(28)12-31-20(29)16(8-9-18(24)27)26-21(30)32-11-13-4-2-1-3-5-13/h1-7,10,16H,8-9,11-12H2,(H2,24,27)(H,25,28)(H,26,30). The molecule has 0 heterocycles. The van der Waals surface area contributed by atoms with Gasteiger partial charge < -0.3 is 25.8 Å². The normalized spacial score (nSPS) is 11.2. The minimum atomic E-state index is -1.24. The first-order valence-electron chi connectivity index (χ1n) is 9.41. The van der Waals surface area contributed by atoms with E-state index >= 15 is 0 Å². The molecule has 32 heavy (non-hydrogen) atoms. The van der Waals surface area contributed by atoms with Gasteiger partial charge in [0, 0.05) is 11.4 Å².